The molecule has 2 rings (SSSR count). The van der Waals surface area contributed by atoms with E-state index in [1.807, 2.05) is 19.1 Å². The Morgan fingerprint density at radius 3 is 2.74 bits per heavy atom. The summed E-state index contributed by atoms with van der Waals surface area (Å²) in [5.74, 6) is 0.799. The number of nitrogens with zero attached hydrogens (tertiary/aromatic N) is 1. The van der Waals surface area contributed by atoms with Crippen LogP contribution in [0.15, 0.2) is 24.3 Å². The molecule has 1 aromatic rings. The number of carbonyl (C=O) groups is 1. The van der Waals surface area contributed by atoms with Crippen LogP contribution in [0.3, 0.4) is 0 Å². The van der Waals surface area contributed by atoms with Gasteiger partial charge >= 0.3 is 0 Å². The second kappa shape index (κ2) is 6.06. The van der Waals surface area contributed by atoms with Crippen LogP contribution in [-0.2, 0) is 4.79 Å². The third-order valence-electron chi connectivity index (χ3n) is 4.00. The Kier molecular flexibility index (Phi) is 4.43. The zero-order valence-electron chi connectivity index (χ0n) is 11.7. The molecule has 104 valence electrons. The average molecular weight is 261 g/mol. The van der Waals surface area contributed by atoms with Crippen molar-refractivity contribution in [3.8, 4) is 0 Å². The van der Waals surface area contributed by atoms with Crippen LogP contribution < -0.4 is 11.1 Å². The Balaban J connectivity index is 1.91. The smallest absolute Gasteiger partial charge is 0.241 e. The van der Waals surface area contributed by atoms with Crippen molar-refractivity contribution < 1.29 is 4.79 Å². The largest absolute Gasteiger partial charge is 0.399 e. The normalized spacial score (nSPS) is 21.3. The topological polar surface area (TPSA) is 58.4 Å². The molecular weight excluding hydrogens is 238 g/mol. The minimum atomic E-state index is -0.0749. The van der Waals surface area contributed by atoms with E-state index in [-0.39, 0.29) is 11.9 Å². The number of carbonyl (C=O) groups excluding carboxylic acids is 1. The molecule has 0 aromatic heterocycles. The molecule has 0 saturated carbocycles. The molecule has 2 atom stereocenters. The van der Waals surface area contributed by atoms with E-state index < -0.39 is 0 Å². The van der Waals surface area contributed by atoms with Crippen molar-refractivity contribution in [3.63, 3.8) is 0 Å². The first-order valence-electron chi connectivity index (χ1n) is 7.00. The van der Waals surface area contributed by atoms with Crippen LogP contribution in [0.5, 0.6) is 0 Å². The molecule has 4 nitrogen and oxygen atoms in total. The van der Waals surface area contributed by atoms with Crippen molar-refractivity contribution in [2.24, 2.45) is 5.92 Å². The quantitative estimate of drug-likeness (QED) is 0.818. The Morgan fingerprint density at radius 2 is 2.16 bits per heavy atom. The molecule has 1 heterocycles. The Bertz CT molecular complexity index is 430. The summed E-state index contributed by atoms with van der Waals surface area (Å²) >= 11 is 0. The van der Waals surface area contributed by atoms with Crippen LogP contribution in [0, 0.1) is 5.92 Å². The lowest BCUT2D eigenvalue weighted by Crippen LogP contribution is -2.40. The van der Waals surface area contributed by atoms with Crippen LogP contribution in [0.1, 0.15) is 26.7 Å². The first kappa shape index (κ1) is 13.9. The molecule has 0 spiro atoms. The lowest BCUT2D eigenvalue weighted by atomic mass is 10.1. The highest BCUT2D eigenvalue weighted by Crippen LogP contribution is 2.21. The van der Waals surface area contributed by atoms with Crippen molar-refractivity contribution in [3.05, 3.63) is 24.3 Å². The second-order valence-corrected chi connectivity index (χ2v) is 5.35. The number of benzene rings is 1. The predicted octanol–water partition coefficient (Wildman–Crippen LogP) is 2.33. The van der Waals surface area contributed by atoms with Crippen LogP contribution in [0.2, 0.25) is 0 Å². The maximum atomic E-state index is 12.2. The number of amides is 1. The highest BCUT2D eigenvalue weighted by Gasteiger charge is 2.28. The fourth-order valence-electron chi connectivity index (χ4n) is 2.53. The number of rotatable bonds is 4. The zero-order chi connectivity index (χ0) is 13.8. The molecule has 1 amide bonds. The number of nitrogens with two attached hydrogens (primary N) is 1. The number of nitrogen functional groups attached to an aromatic ring is 1. The summed E-state index contributed by atoms with van der Waals surface area (Å²) in [5, 5.41) is 2.94. The third-order valence-corrected chi connectivity index (χ3v) is 4.00. The molecule has 1 aliphatic rings. The summed E-state index contributed by atoms with van der Waals surface area (Å²) in [7, 11) is 0. The first-order chi connectivity index (χ1) is 9.10. The summed E-state index contributed by atoms with van der Waals surface area (Å²) in [6.07, 6.45) is 2.40. The number of likely N-dealkylation sites (tertiary alicyclic amines) is 1. The Hall–Kier alpha value is -1.55. The molecule has 1 aliphatic heterocycles. The molecule has 0 aliphatic carbocycles. The Morgan fingerprint density at radius 1 is 1.47 bits per heavy atom. The van der Waals surface area contributed by atoms with E-state index >= 15 is 0 Å². The van der Waals surface area contributed by atoms with Crippen molar-refractivity contribution in [1.82, 2.24) is 4.90 Å². The molecule has 1 fully saturated rings. The second-order valence-electron chi connectivity index (χ2n) is 5.35. The molecule has 0 bridgehead atoms. The molecule has 3 N–H and O–H groups in total. The molecule has 4 heteroatoms. The van der Waals surface area contributed by atoms with Gasteiger partial charge in [-0.1, -0.05) is 13.3 Å². The van der Waals surface area contributed by atoms with Gasteiger partial charge in [0.2, 0.25) is 5.91 Å². The lowest BCUT2D eigenvalue weighted by molar-refractivity contribution is -0.120. The van der Waals surface area contributed by atoms with Gasteiger partial charge in [-0.05, 0) is 50.1 Å². The maximum Gasteiger partial charge on any atom is 0.241 e. The number of nitrogens with one attached hydrogen (secondary N) is 1. The van der Waals surface area contributed by atoms with Gasteiger partial charge < -0.3 is 11.1 Å². The SMILES string of the molecule is CCC1CCN(C(C)C(=O)Nc2ccc(N)cc2)C1. The van der Waals surface area contributed by atoms with Gasteiger partial charge in [-0.2, -0.15) is 0 Å². The van der Waals surface area contributed by atoms with Gasteiger partial charge in [0.15, 0.2) is 0 Å². The zero-order valence-corrected chi connectivity index (χ0v) is 11.7. The summed E-state index contributed by atoms with van der Waals surface area (Å²) in [6, 6.07) is 7.18. The van der Waals surface area contributed by atoms with Crippen molar-refractivity contribution >= 4 is 17.3 Å². The van der Waals surface area contributed by atoms with Crippen LogP contribution >= 0.6 is 0 Å². The molecule has 2 unspecified atom stereocenters. The molecular formula is C15H23N3O. The van der Waals surface area contributed by atoms with E-state index in [2.05, 4.69) is 17.1 Å². The van der Waals surface area contributed by atoms with E-state index in [9.17, 15) is 4.79 Å². The highest BCUT2D eigenvalue weighted by atomic mass is 16.2. The summed E-state index contributed by atoms with van der Waals surface area (Å²) < 4.78 is 0. The van der Waals surface area contributed by atoms with Crippen molar-refractivity contribution in [2.75, 3.05) is 24.1 Å². The minimum Gasteiger partial charge on any atom is -0.399 e. The van der Waals surface area contributed by atoms with E-state index in [0.717, 1.165) is 24.7 Å². The average Bonchev–Trinajstić information content (AvgIpc) is 2.89. The van der Waals surface area contributed by atoms with E-state index in [1.54, 1.807) is 12.1 Å². The number of anilines is 2. The highest BCUT2D eigenvalue weighted by molar-refractivity contribution is 5.94. The van der Waals surface area contributed by atoms with E-state index in [4.69, 9.17) is 5.73 Å². The van der Waals surface area contributed by atoms with Gasteiger partial charge in [0.05, 0.1) is 6.04 Å². The van der Waals surface area contributed by atoms with E-state index in [1.165, 1.54) is 12.8 Å². The standard InChI is InChI=1S/C15H23N3O/c1-3-12-8-9-18(10-12)11(2)15(19)17-14-6-4-13(16)5-7-14/h4-7,11-12H,3,8-10,16H2,1-2H3,(H,17,19). The Labute approximate surface area is 115 Å². The van der Waals surface area contributed by atoms with Gasteiger partial charge in [0.1, 0.15) is 0 Å². The summed E-state index contributed by atoms with van der Waals surface area (Å²) in [5.41, 5.74) is 7.13. The molecule has 19 heavy (non-hydrogen) atoms. The van der Waals surface area contributed by atoms with Crippen LogP contribution in [-0.4, -0.2) is 29.9 Å². The lowest BCUT2D eigenvalue weighted by Gasteiger charge is -2.23. The first-order valence-corrected chi connectivity index (χ1v) is 7.00. The third kappa shape index (κ3) is 3.47. The van der Waals surface area contributed by atoms with E-state index in [0.29, 0.717) is 5.69 Å². The monoisotopic (exact) mass is 261 g/mol. The van der Waals surface area contributed by atoms with Gasteiger partial charge in [-0.3, -0.25) is 9.69 Å². The molecule has 0 radical (unpaired) electrons. The van der Waals surface area contributed by atoms with Crippen molar-refractivity contribution in [2.45, 2.75) is 32.7 Å². The van der Waals surface area contributed by atoms with Crippen molar-refractivity contribution in [1.29, 1.82) is 0 Å². The number of hydrogen-bond donors (Lipinski definition) is 2. The van der Waals surface area contributed by atoms with Crippen LogP contribution in [0.4, 0.5) is 11.4 Å². The van der Waals surface area contributed by atoms with Gasteiger partial charge in [-0.25, -0.2) is 0 Å². The predicted molar refractivity (Wildman–Crippen MR) is 78.9 cm³/mol. The fourth-order valence-corrected chi connectivity index (χ4v) is 2.53. The maximum absolute atomic E-state index is 12.2. The molecule has 1 aromatic carbocycles. The van der Waals surface area contributed by atoms with Gasteiger partial charge in [0.25, 0.3) is 0 Å². The minimum absolute atomic E-state index is 0.0570. The van der Waals surface area contributed by atoms with Crippen LogP contribution in [0.25, 0.3) is 0 Å². The number of hydrogen-bond acceptors (Lipinski definition) is 3. The van der Waals surface area contributed by atoms with Gasteiger partial charge in [-0.15, -0.1) is 0 Å². The summed E-state index contributed by atoms with van der Waals surface area (Å²) in [6.45, 7) is 6.25. The fraction of sp³-hybridized carbons (Fsp3) is 0.533. The molecule has 1 saturated heterocycles. The van der Waals surface area contributed by atoms with Gasteiger partial charge in [0, 0.05) is 17.9 Å². The summed E-state index contributed by atoms with van der Waals surface area (Å²) in [4.78, 5) is 14.5.